The minimum atomic E-state index is 0.750. The molecule has 0 amide bonds. The highest BCUT2D eigenvalue weighted by Crippen LogP contribution is 2.24. The Morgan fingerprint density at radius 2 is 2.33 bits per heavy atom. The quantitative estimate of drug-likeness (QED) is 0.831. The molecular weight excluding hydrogens is 192 g/mol. The lowest BCUT2D eigenvalue weighted by Crippen LogP contribution is -2.10. The Kier molecular flexibility index (Phi) is 2.87. The van der Waals surface area contributed by atoms with Crippen LogP contribution in [-0.4, -0.2) is 18.6 Å². The maximum absolute atomic E-state index is 5.60. The first-order valence-electron chi connectivity index (χ1n) is 4.95. The Morgan fingerprint density at radius 1 is 1.47 bits per heavy atom. The molecule has 0 aromatic carbocycles. The Hall–Kier alpha value is -1.55. The third-order valence-electron chi connectivity index (χ3n) is 2.27. The first-order valence-corrected chi connectivity index (χ1v) is 4.95. The van der Waals surface area contributed by atoms with Gasteiger partial charge in [-0.15, -0.1) is 0 Å². The van der Waals surface area contributed by atoms with E-state index in [4.69, 9.17) is 8.83 Å². The second-order valence-corrected chi connectivity index (χ2v) is 3.36. The Bertz CT molecular complexity index is 431. The van der Waals surface area contributed by atoms with E-state index in [0.29, 0.717) is 0 Å². The van der Waals surface area contributed by atoms with Crippen LogP contribution in [0.25, 0.3) is 11.3 Å². The van der Waals surface area contributed by atoms with Crippen molar-refractivity contribution in [2.75, 3.05) is 13.6 Å². The largest absolute Gasteiger partial charge is 0.469 e. The van der Waals surface area contributed by atoms with Gasteiger partial charge < -0.3 is 14.2 Å². The fourth-order valence-corrected chi connectivity index (χ4v) is 1.42. The van der Waals surface area contributed by atoms with Crippen LogP contribution in [0.2, 0.25) is 0 Å². The molecule has 4 nitrogen and oxygen atoms in total. The van der Waals surface area contributed by atoms with Gasteiger partial charge in [0.05, 0.1) is 18.0 Å². The molecule has 0 spiro atoms. The molecule has 2 rings (SSSR count). The van der Waals surface area contributed by atoms with Crippen molar-refractivity contribution >= 4 is 0 Å². The summed E-state index contributed by atoms with van der Waals surface area (Å²) in [5.41, 5.74) is 0.971. The number of nitrogens with one attached hydrogen (secondary N) is 1. The highest BCUT2D eigenvalue weighted by molar-refractivity contribution is 5.58. The summed E-state index contributed by atoms with van der Waals surface area (Å²) in [6.07, 6.45) is 4.19. The zero-order valence-corrected chi connectivity index (χ0v) is 8.91. The molecule has 15 heavy (non-hydrogen) atoms. The van der Waals surface area contributed by atoms with Gasteiger partial charge in [-0.1, -0.05) is 0 Å². The van der Waals surface area contributed by atoms with Crippen LogP contribution in [0.1, 0.15) is 11.7 Å². The van der Waals surface area contributed by atoms with Gasteiger partial charge in [-0.05, 0) is 20.0 Å². The van der Waals surface area contributed by atoms with Gasteiger partial charge >= 0.3 is 0 Å². The van der Waals surface area contributed by atoms with Crippen molar-refractivity contribution in [2.24, 2.45) is 0 Å². The first-order chi connectivity index (χ1) is 7.31. The normalized spacial score (nSPS) is 10.8. The molecule has 2 aromatic heterocycles. The standard InChI is InChI=1S/C11H14N2O2/c1-8-9(4-6-14-8)10-7-13-11(15-10)3-5-12-2/h4,6-7,12H,3,5H2,1-2H3. The van der Waals surface area contributed by atoms with Crippen molar-refractivity contribution in [1.29, 1.82) is 0 Å². The van der Waals surface area contributed by atoms with Crippen LogP contribution < -0.4 is 5.32 Å². The summed E-state index contributed by atoms with van der Waals surface area (Å²) in [5, 5.41) is 3.05. The average molecular weight is 206 g/mol. The third kappa shape index (κ3) is 2.10. The molecule has 0 unspecified atom stereocenters. The molecule has 80 valence electrons. The van der Waals surface area contributed by atoms with Gasteiger partial charge in [0.25, 0.3) is 0 Å². The molecule has 0 aliphatic rings. The number of aryl methyl sites for hydroxylation is 1. The number of nitrogens with zero attached hydrogens (tertiary/aromatic N) is 1. The van der Waals surface area contributed by atoms with Crippen LogP contribution >= 0.6 is 0 Å². The van der Waals surface area contributed by atoms with Crippen molar-refractivity contribution in [1.82, 2.24) is 10.3 Å². The van der Waals surface area contributed by atoms with E-state index in [2.05, 4.69) is 10.3 Å². The van der Waals surface area contributed by atoms with Gasteiger partial charge in [0.1, 0.15) is 5.76 Å². The maximum atomic E-state index is 5.60. The molecule has 0 fully saturated rings. The predicted octanol–water partition coefficient (Wildman–Crippen LogP) is 2.00. The van der Waals surface area contributed by atoms with Gasteiger partial charge in [-0.25, -0.2) is 4.98 Å². The van der Waals surface area contributed by atoms with E-state index in [1.165, 1.54) is 0 Å². The number of oxazole rings is 1. The number of furan rings is 1. The summed E-state index contributed by atoms with van der Waals surface area (Å²) in [5.74, 6) is 2.37. The molecule has 0 aliphatic heterocycles. The number of hydrogen-bond acceptors (Lipinski definition) is 4. The molecule has 0 saturated heterocycles. The molecule has 0 atom stereocenters. The topological polar surface area (TPSA) is 51.2 Å². The molecule has 0 bridgehead atoms. The lowest BCUT2D eigenvalue weighted by atomic mass is 10.2. The number of rotatable bonds is 4. The zero-order chi connectivity index (χ0) is 10.7. The summed E-state index contributed by atoms with van der Waals surface area (Å²) >= 11 is 0. The van der Waals surface area contributed by atoms with E-state index >= 15 is 0 Å². The lowest BCUT2D eigenvalue weighted by Gasteiger charge is -1.94. The SMILES string of the molecule is CNCCc1ncc(-c2ccoc2C)o1. The lowest BCUT2D eigenvalue weighted by molar-refractivity contribution is 0.496. The number of aromatic nitrogens is 1. The van der Waals surface area contributed by atoms with E-state index in [1.807, 2.05) is 20.0 Å². The summed E-state index contributed by atoms with van der Waals surface area (Å²) in [6, 6.07) is 1.89. The molecule has 1 N–H and O–H groups in total. The van der Waals surface area contributed by atoms with Crippen molar-refractivity contribution in [2.45, 2.75) is 13.3 Å². The summed E-state index contributed by atoms with van der Waals surface area (Å²) < 4.78 is 10.8. The van der Waals surface area contributed by atoms with Crippen molar-refractivity contribution in [3.63, 3.8) is 0 Å². The minimum Gasteiger partial charge on any atom is -0.469 e. The molecule has 4 heteroatoms. The summed E-state index contributed by atoms with van der Waals surface area (Å²) in [4.78, 5) is 4.20. The molecule has 2 heterocycles. The van der Waals surface area contributed by atoms with E-state index in [1.54, 1.807) is 12.5 Å². The van der Waals surface area contributed by atoms with Crippen LogP contribution in [-0.2, 0) is 6.42 Å². The van der Waals surface area contributed by atoms with E-state index in [-0.39, 0.29) is 0 Å². The van der Waals surface area contributed by atoms with Gasteiger partial charge in [0, 0.05) is 13.0 Å². The second kappa shape index (κ2) is 4.31. The molecular formula is C11H14N2O2. The van der Waals surface area contributed by atoms with Crippen LogP contribution in [0.5, 0.6) is 0 Å². The Labute approximate surface area is 88.3 Å². The van der Waals surface area contributed by atoms with Crippen molar-refractivity contribution in [3.8, 4) is 11.3 Å². The van der Waals surface area contributed by atoms with Crippen LogP contribution in [0, 0.1) is 6.92 Å². The molecule has 0 saturated carbocycles. The van der Waals surface area contributed by atoms with Gasteiger partial charge in [0.15, 0.2) is 11.7 Å². The van der Waals surface area contributed by atoms with Crippen molar-refractivity contribution < 1.29 is 8.83 Å². The maximum Gasteiger partial charge on any atom is 0.196 e. The highest BCUT2D eigenvalue weighted by Gasteiger charge is 2.10. The third-order valence-corrected chi connectivity index (χ3v) is 2.27. The molecule has 0 aliphatic carbocycles. The van der Waals surface area contributed by atoms with E-state index in [0.717, 1.165) is 35.9 Å². The highest BCUT2D eigenvalue weighted by atomic mass is 16.4. The predicted molar refractivity (Wildman–Crippen MR) is 56.6 cm³/mol. The van der Waals surface area contributed by atoms with Gasteiger partial charge in [-0.3, -0.25) is 0 Å². The fourth-order valence-electron chi connectivity index (χ4n) is 1.42. The molecule has 2 aromatic rings. The van der Waals surface area contributed by atoms with Crippen LogP contribution in [0.4, 0.5) is 0 Å². The van der Waals surface area contributed by atoms with Crippen LogP contribution in [0.15, 0.2) is 27.4 Å². The van der Waals surface area contributed by atoms with Crippen molar-refractivity contribution in [3.05, 3.63) is 30.2 Å². The Morgan fingerprint density at radius 3 is 3.00 bits per heavy atom. The number of likely N-dealkylation sites (N-methyl/N-ethyl adjacent to an activating group) is 1. The van der Waals surface area contributed by atoms with Crippen LogP contribution in [0.3, 0.4) is 0 Å². The zero-order valence-electron chi connectivity index (χ0n) is 8.91. The summed E-state index contributed by atoms with van der Waals surface area (Å²) in [6.45, 7) is 2.77. The van der Waals surface area contributed by atoms with E-state index in [9.17, 15) is 0 Å². The monoisotopic (exact) mass is 206 g/mol. The number of hydrogen-bond donors (Lipinski definition) is 1. The van der Waals surface area contributed by atoms with Gasteiger partial charge in [-0.2, -0.15) is 0 Å². The average Bonchev–Trinajstić information content (AvgIpc) is 2.83. The molecule has 0 radical (unpaired) electrons. The Balaban J connectivity index is 2.17. The first kappa shape index (κ1) is 9.98. The fraction of sp³-hybridized carbons (Fsp3) is 0.364. The summed E-state index contributed by atoms with van der Waals surface area (Å²) in [7, 11) is 1.91. The minimum absolute atomic E-state index is 0.750. The smallest absolute Gasteiger partial charge is 0.196 e. The second-order valence-electron chi connectivity index (χ2n) is 3.36. The van der Waals surface area contributed by atoms with Gasteiger partial charge in [0.2, 0.25) is 0 Å². The van der Waals surface area contributed by atoms with E-state index < -0.39 is 0 Å².